The Morgan fingerprint density at radius 3 is 2.09 bits per heavy atom. The van der Waals surface area contributed by atoms with Crippen molar-refractivity contribution in [2.24, 2.45) is 0 Å². The zero-order chi connectivity index (χ0) is 22.0. The van der Waals surface area contributed by atoms with Gasteiger partial charge in [0.15, 0.2) is 0 Å². The lowest BCUT2D eigenvalue weighted by molar-refractivity contribution is -0.576. The molecule has 0 aliphatic carbocycles. The van der Waals surface area contributed by atoms with Gasteiger partial charge < -0.3 is 0 Å². The standard InChI is InChI=1S/C29H26N2S/c1-18(2)22-11-7-12-23(19(3)4)28(22)30-17-31-25-15-20-9-5-6-10-21(20)16-27(25)32-26-14-8-13-24(30)29(26)31/h5-16,18-19H,1-4H3. The second-order valence-electron chi connectivity index (χ2n) is 9.26. The summed E-state index contributed by atoms with van der Waals surface area (Å²) in [4.78, 5) is 2.57. The fourth-order valence-electron chi connectivity index (χ4n) is 4.90. The first-order chi connectivity index (χ1) is 15.5. The van der Waals surface area contributed by atoms with Crippen molar-refractivity contribution in [3.8, 4) is 11.4 Å². The molecule has 6 rings (SSSR count). The van der Waals surface area contributed by atoms with Crippen LogP contribution in [0.1, 0.15) is 50.7 Å². The van der Waals surface area contributed by atoms with Gasteiger partial charge in [-0.25, -0.2) is 0 Å². The smallest absolute Gasteiger partial charge is 0.269 e. The van der Waals surface area contributed by atoms with Gasteiger partial charge in [0, 0.05) is 9.79 Å². The van der Waals surface area contributed by atoms with Crippen LogP contribution in [0.3, 0.4) is 0 Å². The van der Waals surface area contributed by atoms with Crippen LogP contribution in [0.4, 0.5) is 0 Å². The highest BCUT2D eigenvalue weighted by molar-refractivity contribution is 7.99. The molecule has 0 amide bonds. The topological polar surface area (TPSA) is 8.81 Å². The van der Waals surface area contributed by atoms with Crippen LogP contribution in [0.15, 0.2) is 82.6 Å². The minimum atomic E-state index is 0.432. The maximum absolute atomic E-state index is 3.78. The third kappa shape index (κ3) is 2.84. The molecule has 0 atom stereocenters. The van der Waals surface area contributed by atoms with Crippen LogP contribution in [0.5, 0.6) is 0 Å². The molecular weight excluding hydrogens is 408 g/mol. The largest absolute Gasteiger partial charge is 0.291 e. The average molecular weight is 435 g/mol. The van der Waals surface area contributed by atoms with Gasteiger partial charge in [0.2, 0.25) is 0 Å². The van der Waals surface area contributed by atoms with Gasteiger partial charge in [-0.15, -0.1) is 0 Å². The maximum atomic E-state index is 3.78. The molecule has 158 valence electrons. The number of imidazole rings is 1. The third-order valence-corrected chi connectivity index (χ3v) is 7.59. The van der Waals surface area contributed by atoms with Gasteiger partial charge in [-0.1, -0.05) is 100 Å². The summed E-state index contributed by atoms with van der Waals surface area (Å²) in [5.74, 6) is 0.865. The van der Waals surface area contributed by atoms with Crippen LogP contribution in [0, 0.1) is 6.33 Å². The van der Waals surface area contributed by atoms with Gasteiger partial charge in [-0.05, 0) is 45.9 Å². The number of aromatic nitrogens is 2. The molecule has 0 N–H and O–H groups in total. The van der Waals surface area contributed by atoms with E-state index >= 15 is 0 Å². The molecule has 4 aromatic carbocycles. The molecule has 3 heteroatoms. The average Bonchev–Trinajstić information content (AvgIpc) is 3.18. The Bertz CT molecular complexity index is 1480. The van der Waals surface area contributed by atoms with Crippen LogP contribution < -0.4 is 4.57 Å². The minimum Gasteiger partial charge on any atom is -0.291 e. The third-order valence-electron chi connectivity index (χ3n) is 6.50. The second kappa shape index (κ2) is 7.25. The van der Waals surface area contributed by atoms with Crippen molar-refractivity contribution in [2.45, 2.75) is 49.3 Å². The van der Waals surface area contributed by atoms with E-state index in [9.17, 15) is 0 Å². The highest BCUT2D eigenvalue weighted by Crippen LogP contribution is 2.42. The fourth-order valence-corrected chi connectivity index (χ4v) is 6.02. The Morgan fingerprint density at radius 1 is 0.750 bits per heavy atom. The molecule has 0 saturated heterocycles. The lowest BCUT2D eigenvalue weighted by atomic mass is 9.92. The molecule has 0 bridgehead atoms. The van der Waals surface area contributed by atoms with Crippen LogP contribution in [0.25, 0.3) is 33.2 Å². The Kier molecular flexibility index (Phi) is 4.44. The number of para-hydroxylation sites is 2. The van der Waals surface area contributed by atoms with E-state index in [0.717, 1.165) is 0 Å². The van der Waals surface area contributed by atoms with Gasteiger partial charge in [0.05, 0.1) is 22.4 Å². The lowest BCUT2D eigenvalue weighted by Gasteiger charge is -2.20. The quantitative estimate of drug-likeness (QED) is 0.206. The van der Waals surface area contributed by atoms with E-state index in [1.807, 2.05) is 11.8 Å². The molecule has 1 aliphatic rings. The van der Waals surface area contributed by atoms with Crippen molar-refractivity contribution < 1.29 is 4.57 Å². The predicted octanol–water partition coefficient (Wildman–Crippen LogP) is 7.57. The molecule has 0 radical (unpaired) electrons. The highest BCUT2D eigenvalue weighted by Gasteiger charge is 2.25. The Balaban J connectivity index is 1.71. The van der Waals surface area contributed by atoms with E-state index in [0.29, 0.717) is 11.8 Å². The Morgan fingerprint density at radius 2 is 1.41 bits per heavy atom. The van der Waals surface area contributed by atoms with E-state index in [2.05, 4.69) is 116 Å². The van der Waals surface area contributed by atoms with Crippen LogP contribution >= 0.6 is 11.8 Å². The molecule has 32 heavy (non-hydrogen) atoms. The zero-order valence-electron chi connectivity index (χ0n) is 18.9. The minimum absolute atomic E-state index is 0.432. The van der Waals surface area contributed by atoms with Crippen LogP contribution in [-0.2, 0) is 0 Å². The molecule has 1 aromatic heterocycles. The predicted molar refractivity (Wildman–Crippen MR) is 133 cm³/mol. The zero-order valence-corrected chi connectivity index (χ0v) is 19.7. The first-order valence-electron chi connectivity index (χ1n) is 11.4. The summed E-state index contributed by atoms with van der Waals surface area (Å²) in [6.45, 7) is 9.12. The van der Waals surface area contributed by atoms with Crippen LogP contribution in [0.2, 0.25) is 0 Å². The molecule has 1 aliphatic heterocycles. The highest BCUT2D eigenvalue weighted by atomic mass is 32.2. The Hall–Kier alpha value is -3.04. The summed E-state index contributed by atoms with van der Waals surface area (Å²) in [6, 6.07) is 26.6. The van der Waals surface area contributed by atoms with E-state index in [4.69, 9.17) is 0 Å². The van der Waals surface area contributed by atoms with Crippen molar-refractivity contribution in [3.05, 3.63) is 90.3 Å². The van der Waals surface area contributed by atoms with Crippen molar-refractivity contribution in [1.29, 1.82) is 0 Å². The summed E-state index contributed by atoms with van der Waals surface area (Å²) in [5, 5.41) is 2.54. The molecule has 0 saturated carbocycles. The van der Waals surface area contributed by atoms with Gasteiger partial charge in [0.1, 0.15) is 0 Å². The normalized spacial score (nSPS) is 12.8. The first-order valence-corrected chi connectivity index (χ1v) is 12.2. The van der Waals surface area contributed by atoms with E-state index in [-0.39, 0.29) is 0 Å². The van der Waals surface area contributed by atoms with Gasteiger partial charge in [-0.3, -0.25) is 9.13 Å². The second-order valence-corrected chi connectivity index (χ2v) is 10.3. The Labute approximate surface area is 193 Å². The van der Waals surface area contributed by atoms with Gasteiger partial charge >= 0.3 is 0 Å². The monoisotopic (exact) mass is 434 g/mol. The van der Waals surface area contributed by atoms with E-state index in [1.165, 1.54) is 54.1 Å². The number of benzene rings is 4. The number of fused-ring (bicyclic) bond motifs is 3. The fraction of sp³-hybridized carbons (Fsp3) is 0.207. The molecule has 5 aromatic rings. The van der Waals surface area contributed by atoms with Gasteiger partial charge in [0.25, 0.3) is 6.33 Å². The van der Waals surface area contributed by atoms with Crippen molar-refractivity contribution >= 4 is 33.6 Å². The molecule has 2 nitrogen and oxygen atoms in total. The number of hydrogen-bond donors (Lipinski definition) is 0. The number of rotatable bonds is 3. The molecule has 0 fully saturated rings. The van der Waals surface area contributed by atoms with Gasteiger partial charge in [-0.2, -0.15) is 0 Å². The lowest BCUT2D eigenvalue weighted by Crippen LogP contribution is -2.32. The summed E-state index contributed by atoms with van der Waals surface area (Å²) in [5.41, 5.74) is 7.69. The number of nitrogens with zero attached hydrogens (tertiary/aromatic N) is 2. The molecular formula is C29H26N2S. The SMILES string of the molecule is CC(C)c1cccc(C(C)C)c1-n1[c-][n+]2c3c(cccc31)Sc1cc3ccccc3cc1-2. The van der Waals surface area contributed by atoms with Crippen molar-refractivity contribution in [2.75, 3.05) is 0 Å². The molecule has 2 heterocycles. The van der Waals surface area contributed by atoms with Crippen molar-refractivity contribution in [3.63, 3.8) is 0 Å². The molecule has 0 spiro atoms. The first kappa shape index (κ1) is 19.6. The summed E-state index contributed by atoms with van der Waals surface area (Å²) in [7, 11) is 0. The summed E-state index contributed by atoms with van der Waals surface area (Å²) >= 11 is 1.87. The summed E-state index contributed by atoms with van der Waals surface area (Å²) in [6.07, 6.45) is 3.78. The van der Waals surface area contributed by atoms with E-state index < -0.39 is 0 Å². The van der Waals surface area contributed by atoms with Crippen molar-refractivity contribution in [1.82, 2.24) is 4.57 Å². The maximum Gasteiger partial charge on any atom is 0.269 e. The van der Waals surface area contributed by atoms with E-state index in [1.54, 1.807) is 0 Å². The molecule has 0 unspecified atom stereocenters. The summed E-state index contributed by atoms with van der Waals surface area (Å²) < 4.78 is 4.60. The number of hydrogen-bond acceptors (Lipinski definition) is 1. The van der Waals surface area contributed by atoms with Crippen LogP contribution in [-0.4, -0.2) is 4.57 Å².